The van der Waals surface area contributed by atoms with Gasteiger partial charge in [0.05, 0.1) is 0 Å². The van der Waals surface area contributed by atoms with Gasteiger partial charge in [0, 0.05) is 0 Å². The van der Waals surface area contributed by atoms with Gasteiger partial charge < -0.3 is 0 Å². The normalized spacial score (nSPS) is 9.12. The SMILES string of the molecule is O=C([AsH2])c1ccco1. The molecule has 1 heterocycles. The second kappa shape index (κ2) is 2.18. The van der Waals surface area contributed by atoms with E-state index in [-0.39, 0.29) is 4.57 Å². The topological polar surface area (TPSA) is 30.2 Å². The maximum absolute atomic E-state index is 10.4. The zero-order valence-corrected chi connectivity index (χ0v) is 6.55. The molecule has 0 aliphatic rings. The second-order valence-electron chi connectivity index (χ2n) is 1.34. The van der Waals surface area contributed by atoms with Gasteiger partial charge in [-0.1, -0.05) is 0 Å². The standard InChI is InChI=1S/C5H5AsO2/c6-5(7)4-2-1-3-8-4/h1-3H,6H2. The predicted octanol–water partition coefficient (Wildman–Crippen LogP) is 0.0529. The van der Waals surface area contributed by atoms with Crippen LogP contribution >= 0.6 is 0 Å². The molecule has 0 radical (unpaired) electrons. The Kier molecular flexibility index (Phi) is 1.54. The van der Waals surface area contributed by atoms with Crippen molar-refractivity contribution in [1.29, 1.82) is 0 Å². The first-order chi connectivity index (χ1) is 3.80. The summed E-state index contributed by atoms with van der Waals surface area (Å²) in [6, 6.07) is 3.36. The predicted molar refractivity (Wildman–Crippen MR) is 31.6 cm³/mol. The van der Waals surface area contributed by atoms with Gasteiger partial charge in [-0.25, -0.2) is 0 Å². The molecule has 0 bridgehead atoms. The Morgan fingerprint density at radius 2 is 2.50 bits per heavy atom. The first kappa shape index (κ1) is 5.64. The molecule has 0 aliphatic carbocycles. The molecular weight excluding hydrogens is 167 g/mol. The summed E-state index contributed by atoms with van der Waals surface area (Å²) in [6.45, 7) is 0. The molecule has 1 atom stereocenters. The van der Waals surface area contributed by atoms with Gasteiger partial charge in [0.1, 0.15) is 0 Å². The molecule has 8 heavy (non-hydrogen) atoms. The van der Waals surface area contributed by atoms with E-state index in [2.05, 4.69) is 0 Å². The van der Waals surface area contributed by atoms with E-state index in [0.717, 1.165) is 16.9 Å². The number of hydrogen-bond acceptors (Lipinski definition) is 2. The van der Waals surface area contributed by atoms with Crippen molar-refractivity contribution in [3.05, 3.63) is 24.2 Å². The van der Waals surface area contributed by atoms with Crippen LogP contribution in [0.4, 0.5) is 0 Å². The molecule has 1 aromatic heterocycles. The van der Waals surface area contributed by atoms with E-state index >= 15 is 0 Å². The van der Waals surface area contributed by atoms with Crippen molar-refractivity contribution in [2.24, 2.45) is 0 Å². The van der Waals surface area contributed by atoms with Gasteiger partial charge in [-0.2, -0.15) is 0 Å². The van der Waals surface area contributed by atoms with Crippen LogP contribution in [-0.2, 0) is 0 Å². The third kappa shape index (κ3) is 1.01. The fourth-order valence-corrected chi connectivity index (χ4v) is 0.763. The quantitative estimate of drug-likeness (QED) is 0.560. The Labute approximate surface area is 55.4 Å². The summed E-state index contributed by atoms with van der Waals surface area (Å²) in [4.78, 5) is 10.4. The van der Waals surface area contributed by atoms with Crippen LogP contribution in [0.5, 0.6) is 0 Å². The van der Waals surface area contributed by atoms with Crippen molar-refractivity contribution in [1.82, 2.24) is 0 Å². The Morgan fingerprint density at radius 3 is 2.75 bits per heavy atom. The Bertz CT molecular complexity index is 178. The van der Waals surface area contributed by atoms with Crippen LogP contribution in [0.15, 0.2) is 22.8 Å². The molecule has 1 unspecified atom stereocenters. The van der Waals surface area contributed by atoms with E-state index < -0.39 is 0 Å². The number of carbonyl (C=O) groups is 1. The van der Waals surface area contributed by atoms with E-state index in [4.69, 9.17) is 4.42 Å². The van der Waals surface area contributed by atoms with Crippen LogP contribution in [0.25, 0.3) is 0 Å². The zero-order chi connectivity index (χ0) is 5.98. The van der Waals surface area contributed by atoms with Gasteiger partial charge in [0.15, 0.2) is 0 Å². The maximum atomic E-state index is 10.4. The van der Waals surface area contributed by atoms with Crippen molar-refractivity contribution in [3.63, 3.8) is 0 Å². The summed E-state index contributed by atoms with van der Waals surface area (Å²) in [7, 11) is 0. The third-order valence-electron chi connectivity index (χ3n) is 0.764. The molecule has 2 nitrogen and oxygen atoms in total. The summed E-state index contributed by atoms with van der Waals surface area (Å²) in [5.74, 6) is 0.449. The second-order valence-corrected chi connectivity index (χ2v) is 2.44. The molecule has 42 valence electrons. The Balaban J connectivity index is 2.93. The minimum absolute atomic E-state index is 0.0301. The van der Waals surface area contributed by atoms with E-state index in [0.29, 0.717) is 5.76 Å². The molecule has 0 fully saturated rings. The van der Waals surface area contributed by atoms with Gasteiger partial charge in [0.25, 0.3) is 0 Å². The molecular formula is C5H5AsO2. The molecule has 0 saturated carbocycles. The summed E-state index contributed by atoms with van der Waals surface area (Å²) in [5.41, 5.74) is 0. The van der Waals surface area contributed by atoms with Crippen LogP contribution in [0.2, 0.25) is 0 Å². The van der Waals surface area contributed by atoms with Gasteiger partial charge in [0.2, 0.25) is 0 Å². The number of hydrogen-bond donors (Lipinski definition) is 0. The van der Waals surface area contributed by atoms with E-state index in [9.17, 15) is 4.79 Å². The van der Waals surface area contributed by atoms with Crippen molar-refractivity contribution in [2.75, 3.05) is 0 Å². The van der Waals surface area contributed by atoms with Gasteiger partial charge in [-0.05, 0) is 0 Å². The summed E-state index contributed by atoms with van der Waals surface area (Å²) in [6.07, 6.45) is 1.49. The van der Waals surface area contributed by atoms with Crippen molar-refractivity contribution in [2.45, 2.75) is 0 Å². The van der Waals surface area contributed by atoms with Gasteiger partial charge in [-0.3, -0.25) is 0 Å². The summed E-state index contributed by atoms with van der Waals surface area (Å²) >= 11 is 1.05. The molecule has 1 aromatic rings. The minimum atomic E-state index is 0.0301. The Hall–Kier alpha value is -0.492. The molecule has 0 saturated heterocycles. The van der Waals surface area contributed by atoms with E-state index in [1.165, 1.54) is 6.26 Å². The number of furan rings is 1. The molecule has 0 N–H and O–H groups in total. The Morgan fingerprint density at radius 1 is 1.75 bits per heavy atom. The first-order valence-corrected chi connectivity index (χ1v) is 3.35. The monoisotopic (exact) mass is 172 g/mol. The zero-order valence-electron chi connectivity index (χ0n) is 4.13. The fourth-order valence-electron chi connectivity index (χ4n) is 0.419. The first-order valence-electron chi connectivity index (χ1n) is 2.14. The summed E-state index contributed by atoms with van der Waals surface area (Å²) < 4.78 is 4.79. The molecule has 3 heteroatoms. The third-order valence-corrected chi connectivity index (χ3v) is 1.36. The van der Waals surface area contributed by atoms with Crippen LogP contribution in [0, 0.1) is 0 Å². The van der Waals surface area contributed by atoms with E-state index in [1.807, 2.05) is 0 Å². The van der Waals surface area contributed by atoms with Crippen molar-refractivity contribution in [3.8, 4) is 0 Å². The van der Waals surface area contributed by atoms with Gasteiger partial charge in [-0.15, -0.1) is 0 Å². The van der Waals surface area contributed by atoms with Crippen molar-refractivity contribution >= 4 is 21.4 Å². The number of carbonyl (C=O) groups excluding carboxylic acids is 1. The van der Waals surface area contributed by atoms with E-state index in [1.54, 1.807) is 12.1 Å². The number of rotatable bonds is 1. The average Bonchev–Trinajstić information content (AvgIpc) is 2.12. The van der Waals surface area contributed by atoms with Gasteiger partial charge >= 0.3 is 54.8 Å². The molecule has 0 amide bonds. The average molecular weight is 172 g/mol. The molecule has 0 aromatic carbocycles. The van der Waals surface area contributed by atoms with Crippen LogP contribution < -0.4 is 0 Å². The van der Waals surface area contributed by atoms with Crippen LogP contribution in [-0.4, -0.2) is 21.4 Å². The van der Waals surface area contributed by atoms with Crippen LogP contribution in [0.1, 0.15) is 10.6 Å². The molecule has 0 spiro atoms. The molecule has 0 aliphatic heterocycles. The summed E-state index contributed by atoms with van der Waals surface area (Å²) in [5, 5.41) is 0. The van der Waals surface area contributed by atoms with Crippen LogP contribution in [0.3, 0.4) is 0 Å². The molecule has 1 rings (SSSR count). The van der Waals surface area contributed by atoms with Crippen molar-refractivity contribution < 1.29 is 9.21 Å². The fraction of sp³-hybridized carbons (Fsp3) is 0.